The molecule has 10 heavy (non-hydrogen) atoms. The number of aliphatic carboxylic acids is 1. The monoisotopic (exact) mass is 138 g/mol. The second kappa shape index (κ2) is 2.39. The van der Waals surface area contributed by atoms with Gasteiger partial charge in [-0.05, 0) is 6.07 Å². The predicted octanol–water partition coefficient (Wildman–Crippen LogP) is 1.38. The molecular weight excluding hydrogens is 132 g/mol. The third kappa shape index (κ3) is 1.07. The fourth-order valence-corrected chi connectivity index (χ4v) is 0.560. The van der Waals surface area contributed by atoms with Gasteiger partial charge in [-0.15, -0.1) is 0 Å². The van der Waals surface area contributed by atoms with Gasteiger partial charge in [-0.1, -0.05) is 6.58 Å². The van der Waals surface area contributed by atoms with E-state index >= 15 is 0 Å². The molecule has 0 aliphatic carbocycles. The van der Waals surface area contributed by atoms with Crippen molar-refractivity contribution >= 4 is 11.5 Å². The van der Waals surface area contributed by atoms with E-state index in [-0.39, 0.29) is 5.57 Å². The summed E-state index contributed by atoms with van der Waals surface area (Å²) in [4.78, 5) is 10.3. The van der Waals surface area contributed by atoms with Crippen LogP contribution in [-0.4, -0.2) is 11.1 Å². The van der Waals surface area contributed by atoms with Gasteiger partial charge in [0, 0.05) is 5.56 Å². The normalized spacial score (nSPS) is 9.20. The van der Waals surface area contributed by atoms with E-state index in [1.54, 1.807) is 6.07 Å². The minimum Gasteiger partial charge on any atom is -0.478 e. The van der Waals surface area contributed by atoms with Crippen LogP contribution in [0.1, 0.15) is 5.56 Å². The predicted molar refractivity (Wildman–Crippen MR) is 35.4 cm³/mol. The Morgan fingerprint density at radius 1 is 1.70 bits per heavy atom. The zero-order valence-corrected chi connectivity index (χ0v) is 5.20. The van der Waals surface area contributed by atoms with Gasteiger partial charge >= 0.3 is 5.97 Å². The van der Waals surface area contributed by atoms with E-state index in [4.69, 9.17) is 5.11 Å². The molecule has 0 saturated heterocycles. The molecule has 0 fully saturated rings. The molecule has 1 aromatic rings. The number of hydrogen-bond acceptors (Lipinski definition) is 2. The van der Waals surface area contributed by atoms with E-state index in [1.165, 1.54) is 12.5 Å². The van der Waals surface area contributed by atoms with Crippen LogP contribution in [0.15, 0.2) is 29.6 Å². The van der Waals surface area contributed by atoms with Crippen LogP contribution in [0.2, 0.25) is 0 Å². The van der Waals surface area contributed by atoms with Gasteiger partial charge in [0.05, 0.1) is 18.1 Å². The summed E-state index contributed by atoms with van der Waals surface area (Å²) < 4.78 is 4.66. The molecule has 0 aliphatic rings. The molecule has 0 saturated carbocycles. The smallest absolute Gasteiger partial charge is 0.335 e. The van der Waals surface area contributed by atoms with Crippen LogP contribution < -0.4 is 0 Å². The zero-order chi connectivity index (χ0) is 7.56. The lowest BCUT2D eigenvalue weighted by molar-refractivity contribution is -0.130. The van der Waals surface area contributed by atoms with Gasteiger partial charge in [0.25, 0.3) is 0 Å². The minimum atomic E-state index is -1.03. The Balaban J connectivity index is 2.88. The summed E-state index contributed by atoms with van der Waals surface area (Å²) in [5, 5.41) is 8.41. The van der Waals surface area contributed by atoms with Gasteiger partial charge in [-0.25, -0.2) is 4.79 Å². The molecular formula is C7H6O3. The van der Waals surface area contributed by atoms with Crippen molar-refractivity contribution in [2.45, 2.75) is 0 Å². The van der Waals surface area contributed by atoms with Gasteiger partial charge < -0.3 is 9.52 Å². The molecule has 0 spiro atoms. The molecule has 3 heteroatoms. The molecule has 0 aromatic carbocycles. The summed E-state index contributed by atoms with van der Waals surface area (Å²) in [5.74, 6) is -1.03. The fraction of sp³-hybridized carbons (Fsp3) is 0. The van der Waals surface area contributed by atoms with Gasteiger partial charge in [-0.3, -0.25) is 0 Å². The number of carboxylic acids is 1. The van der Waals surface area contributed by atoms with Crippen molar-refractivity contribution in [3.05, 3.63) is 30.7 Å². The van der Waals surface area contributed by atoms with Crippen LogP contribution in [0, 0.1) is 0 Å². The van der Waals surface area contributed by atoms with Crippen molar-refractivity contribution in [3.8, 4) is 0 Å². The Hall–Kier alpha value is -1.51. The average Bonchev–Trinajstić information content (AvgIpc) is 2.36. The van der Waals surface area contributed by atoms with Gasteiger partial charge in [0.15, 0.2) is 0 Å². The summed E-state index contributed by atoms with van der Waals surface area (Å²) in [5.41, 5.74) is 0.557. The number of carboxylic acid groups (broad SMARTS) is 1. The number of furan rings is 1. The van der Waals surface area contributed by atoms with Crippen LogP contribution >= 0.6 is 0 Å². The fourth-order valence-electron chi connectivity index (χ4n) is 0.560. The van der Waals surface area contributed by atoms with Gasteiger partial charge in [0.1, 0.15) is 0 Å². The molecule has 0 aliphatic heterocycles. The number of rotatable bonds is 2. The van der Waals surface area contributed by atoms with E-state index in [0.29, 0.717) is 5.56 Å². The maximum absolute atomic E-state index is 10.3. The van der Waals surface area contributed by atoms with Crippen LogP contribution in [0.3, 0.4) is 0 Å². The summed E-state index contributed by atoms with van der Waals surface area (Å²) in [6, 6.07) is 1.55. The molecule has 1 N–H and O–H groups in total. The van der Waals surface area contributed by atoms with E-state index in [1.807, 2.05) is 0 Å². The number of hydrogen-bond donors (Lipinski definition) is 1. The largest absolute Gasteiger partial charge is 0.478 e. The van der Waals surface area contributed by atoms with Crippen LogP contribution in [0.4, 0.5) is 0 Å². The topological polar surface area (TPSA) is 50.4 Å². The van der Waals surface area contributed by atoms with Crippen molar-refractivity contribution in [1.82, 2.24) is 0 Å². The maximum atomic E-state index is 10.3. The van der Waals surface area contributed by atoms with Crippen LogP contribution in [0.5, 0.6) is 0 Å². The maximum Gasteiger partial charge on any atom is 0.335 e. The molecule has 52 valence electrons. The highest BCUT2D eigenvalue weighted by atomic mass is 16.4. The molecule has 0 amide bonds. The zero-order valence-electron chi connectivity index (χ0n) is 5.20. The third-order valence-electron chi connectivity index (χ3n) is 1.13. The summed E-state index contributed by atoms with van der Waals surface area (Å²) in [6.45, 7) is 3.34. The molecule has 1 heterocycles. The van der Waals surface area contributed by atoms with Crippen molar-refractivity contribution in [2.24, 2.45) is 0 Å². The highest BCUT2D eigenvalue weighted by molar-refractivity contribution is 6.14. The van der Waals surface area contributed by atoms with E-state index in [9.17, 15) is 4.79 Å². The van der Waals surface area contributed by atoms with Crippen LogP contribution in [0.25, 0.3) is 5.57 Å². The lowest BCUT2D eigenvalue weighted by Gasteiger charge is -1.90. The van der Waals surface area contributed by atoms with E-state index in [2.05, 4.69) is 11.0 Å². The first-order valence-electron chi connectivity index (χ1n) is 2.66. The molecule has 0 atom stereocenters. The average molecular weight is 138 g/mol. The van der Waals surface area contributed by atoms with Crippen molar-refractivity contribution in [1.29, 1.82) is 0 Å². The lowest BCUT2D eigenvalue weighted by Crippen LogP contribution is -1.95. The molecule has 1 rings (SSSR count). The molecule has 0 radical (unpaired) electrons. The summed E-state index contributed by atoms with van der Waals surface area (Å²) in [6.07, 6.45) is 2.75. The first-order chi connectivity index (χ1) is 4.72. The summed E-state index contributed by atoms with van der Waals surface area (Å²) in [7, 11) is 0. The number of carbonyl (C=O) groups is 1. The van der Waals surface area contributed by atoms with E-state index in [0.717, 1.165) is 0 Å². The highest BCUT2D eigenvalue weighted by Gasteiger charge is 2.06. The Morgan fingerprint density at radius 3 is 2.80 bits per heavy atom. The van der Waals surface area contributed by atoms with Crippen molar-refractivity contribution in [3.63, 3.8) is 0 Å². The highest BCUT2D eigenvalue weighted by Crippen LogP contribution is 2.11. The van der Waals surface area contributed by atoms with Crippen molar-refractivity contribution in [2.75, 3.05) is 0 Å². The van der Waals surface area contributed by atoms with Gasteiger partial charge in [-0.2, -0.15) is 0 Å². The molecule has 0 unspecified atom stereocenters. The second-order valence-electron chi connectivity index (χ2n) is 1.80. The Labute approximate surface area is 57.6 Å². The quantitative estimate of drug-likeness (QED) is 0.628. The lowest BCUT2D eigenvalue weighted by atomic mass is 10.2. The molecule has 0 bridgehead atoms. The summed E-state index contributed by atoms with van der Waals surface area (Å²) >= 11 is 0. The first kappa shape index (κ1) is 6.61. The Bertz CT molecular complexity index is 246. The molecule has 1 aromatic heterocycles. The van der Waals surface area contributed by atoms with Crippen molar-refractivity contribution < 1.29 is 14.3 Å². The first-order valence-corrected chi connectivity index (χ1v) is 2.66. The standard InChI is InChI=1S/C7H6O3/c1-5(7(8)9)6-2-3-10-4-6/h2-4H,1H2,(H,8,9). The Morgan fingerprint density at radius 2 is 2.40 bits per heavy atom. The van der Waals surface area contributed by atoms with Crippen LogP contribution in [-0.2, 0) is 4.79 Å². The Kier molecular flexibility index (Phi) is 1.58. The van der Waals surface area contributed by atoms with Gasteiger partial charge in [0.2, 0.25) is 0 Å². The SMILES string of the molecule is C=C(C(=O)O)c1ccoc1. The van der Waals surface area contributed by atoms with E-state index < -0.39 is 5.97 Å². The molecule has 3 nitrogen and oxygen atoms in total. The minimum absolute atomic E-state index is 0.0498. The third-order valence-corrected chi connectivity index (χ3v) is 1.13. The second-order valence-corrected chi connectivity index (χ2v) is 1.80.